The van der Waals surface area contributed by atoms with Crippen LogP contribution >= 0.6 is 23.1 Å². The molecule has 0 spiro atoms. The Bertz CT molecular complexity index is 770. The number of nitrogens with zero attached hydrogens (tertiary/aromatic N) is 3. The zero-order valence-electron chi connectivity index (χ0n) is 14.1. The monoisotopic (exact) mass is 399 g/mol. The summed E-state index contributed by atoms with van der Waals surface area (Å²) in [5.41, 5.74) is 0.108. The van der Waals surface area contributed by atoms with Crippen LogP contribution in [-0.4, -0.2) is 54.2 Å². The molecule has 2 rings (SSSR count). The minimum Gasteiger partial charge on any atom is -0.495 e. The summed E-state index contributed by atoms with van der Waals surface area (Å²) in [6.07, 6.45) is 0. The molecule has 0 bridgehead atoms. The van der Waals surface area contributed by atoms with Gasteiger partial charge in [-0.15, -0.1) is 10.2 Å². The van der Waals surface area contributed by atoms with Crippen LogP contribution in [0.4, 0.5) is 16.5 Å². The molecule has 1 heterocycles. The van der Waals surface area contributed by atoms with Crippen molar-refractivity contribution in [1.82, 2.24) is 10.2 Å². The van der Waals surface area contributed by atoms with Crippen LogP contribution < -0.4 is 15.4 Å². The van der Waals surface area contributed by atoms with E-state index in [0.717, 1.165) is 0 Å². The van der Waals surface area contributed by atoms with Crippen molar-refractivity contribution in [3.05, 3.63) is 28.3 Å². The maximum atomic E-state index is 12.1. The van der Waals surface area contributed by atoms with Crippen LogP contribution in [0, 0.1) is 10.1 Å². The highest BCUT2D eigenvalue weighted by Crippen LogP contribution is 2.30. The van der Waals surface area contributed by atoms with Gasteiger partial charge < -0.3 is 20.1 Å². The predicted molar refractivity (Wildman–Crippen MR) is 99.3 cm³/mol. The molecule has 10 nitrogen and oxygen atoms in total. The smallest absolute Gasteiger partial charge is 0.271 e. The van der Waals surface area contributed by atoms with Gasteiger partial charge in [-0.05, 0) is 6.07 Å². The molecule has 0 fully saturated rings. The van der Waals surface area contributed by atoms with E-state index >= 15 is 0 Å². The van der Waals surface area contributed by atoms with Crippen LogP contribution in [0.3, 0.4) is 0 Å². The summed E-state index contributed by atoms with van der Waals surface area (Å²) in [4.78, 5) is 22.4. The Balaban J connectivity index is 1.91. The molecule has 0 aliphatic rings. The SMILES string of the molecule is COCCNc1nnc(SCC(=O)Nc2cc([N+](=O)[O-])ccc2OC)s1. The lowest BCUT2D eigenvalue weighted by Gasteiger charge is -2.09. The third-order valence-corrected chi connectivity index (χ3v) is 5.00. The van der Waals surface area contributed by atoms with E-state index in [4.69, 9.17) is 9.47 Å². The molecule has 0 saturated carbocycles. The Morgan fingerprint density at radius 3 is 2.88 bits per heavy atom. The third kappa shape index (κ3) is 5.82. The summed E-state index contributed by atoms with van der Waals surface area (Å²) in [6, 6.07) is 4.00. The fourth-order valence-electron chi connectivity index (χ4n) is 1.82. The first-order chi connectivity index (χ1) is 12.5. The number of hydrogen-bond acceptors (Lipinski definition) is 10. The number of anilines is 2. The number of nitrogens with one attached hydrogen (secondary N) is 2. The second-order valence-corrected chi connectivity index (χ2v) is 6.97. The van der Waals surface area contributed by atoms with Crippen LogP contribution in [-0.2, 0) is 9.53 Å². The topological polar surface area (TPSA) is 129 Å². The fraction of sp³-hybridized carbons (Fsp3) is 0.357. The maximum absolute atomic E-state index is 12.1. The van der Waals surface area contributed by atoms with Crippen molar-refractivity contribution in [1.29, 1.82) is 0 Å². The second kappa shape index (κ2) is 9.89. The van der Waals surface area contributed by atoms with Gasteiger partial charge in [-0.25, -0.2) is 0 Å². The van der Waals surface area contributed by atoms with Gasteiger partial charge in [0.2, 0.25) is 11.0 Å². The molecule has 0 radical (unpaired) electrons. The highest BCUT2D eigenvalue weighted by molar-refractivity contribution is 8.01. The van der Waals surface area contributed by atoms with Gasteiger partial charge in [0.1, 0.15) is 5.75 Å². The van der Waals surface area contributed by atoms with Crippen molar-refractivity contribution in [2.45, 2.75) is 4.34 Å². The number of aromatic nitrogens is 2. The summed E-state index contributed by atoms with van der Waals surface area (Å²) in [7, 11) is 3.03. The number of benzene rings is 1. The first-order valence-corrected chi connectivity index (χ1v) is 9.15. The number of carbonyl (C=O) groups is 1. The lowest BCUT2D eigenvalue weighted by atomic mass is 10.2. The molecule has 1 aromatic carbocycles. The Kier molecular flexibility index (Phi) is 7.56. The van der Waals surface area contributed by atoms with E-state index in [-0.39, 0.29) is 23.0 Å². The molecule has 2 N–H and O–H groups in total. The maximum Gasteiger partial charge on any atom is 0.271 e. The van der Waals surface area contributed by atoms with Crippen molar-refractivity contribution in [2.75, 3.05) is 43.8 Å². The molecule has 12 heteroatoms. The lowest BCUT2D eigenvalue weighted by molar-refractivity contribution is -0.384. The Morgan fingerprint density at radius 2 is 2.19 bits per heavy atom. The summed E-state index contributed by atoms with van der Waals surface area (Å²) in [5.74, 6) is 0.0887. The van der Waals surface area contributed by atoms with Gasteiger partial charge in [0.05, 0.1) is 30.1 Å². The summed E-state index contributed by atoms with van der Waals surface area (Å²) < 4.78 is 10.7. The Hall–Kier alpha value is -2.44. The predicted octanol–water partition coefficient (Wildman–Crippen LogP) is 2.24. The van der Waals surface area contributed by atoms with Crippen LogP contribution in [0.1, 0.15) is 0 Å². The van der Waals surface area contributed by atoms with Crippen molar-refractivity contribution in [3.8, 4) is 5.75 Å². The van der Waals surface area contributed by atoms with E-state index < -0.39 is 4.92 Å². The number of thioether (sulfide) groups is 1. The number of nitro groups is 1. The normalized spacial score (nSPS) is 10.4. The molecule has 140 valence electrons. The number of non-ortho nitro benzene ring substituents is 1. The molecule has 0 atom stereocenters. The molecule has 2 aromatic rings. The number of hydrogen-bond donors (Lipinski definition) is 2. The molecular weight excluding hydrogens is 382 g/mol. The van der Waals surface area contributed by atoms with E-state index in [9.17, 15) is 14.9 Å². The van der Waals surface area contributed by atoms with Gasteiger partial charge in [0, 0.05) is 25.8 Å². The van der Waals surface area contributed by atoms with Crippen LogP contribution in [0.15, 0.2) is 22.5 Å². The molecule has 26 heavy (non-hydrogen) atoms. The highest BCUT2D eigenvalue weighted by Gasteiger charge is 2.14. The van der Waals surface area contributed by atoms with E-state index in [1.807, 2.05) is 0 Å². The number of carbonyl (C=O) groups excluding carboxylic acids is 1. The standard InChI is InChI=1S/C14H17N5O5S2/c1-23-6-5-15-13-17-18-14(26-13)25-8-12(20)16-10-7-9(19(21)22)3-4-11(10)24-2/h3-4,7H,5-6,8H2,1-2H3,(H,15,17)(H,16,20). The van der Waals surface area contributed by atoms with Crippen molar-refractivity contribution in [3.63, 3.8) is 0 Å². The van der Waals surface area contributed by atoms with Crippen molar-refractivity contribution in [2.24, 2.45) is 0 Å². The molecule has 0 unspecified atom stereocenters. The molecular formula is C14H17N5O5S2. The number of amides is 1. The van der Waals surface area contributed by atoms with Crippen LogP contribution in [0.5, 0.6) is 5.75 Å². The van der Waals surface area contributed by atoms with E-state index in [1.165, 1.54) is 48.4 Å². The van der Waals surface area contributed by atoms with Gasteiger partial charge >= 0.3 is 0 Å². The average molecular weight is 399 g/mol. The minimum atomic E-state index is -0.538. The first-order valence-electron chi connectivity index (χ1n) is 7.35. The fourth-order valence-corrected chi connectivity index (χ4v) is 3.40. The largest absolute Gasteiger partial charge is 0.495 e. The Labute approximate surface area is 157 Å². The molecule has 0 aliphatic heterocycles. The van der Waals surface area contributed by atoms with Crippen LogP contribution in [0.25, 0.3) is 0 Å². The molecule has 1 aromatic heterocycles. The van der Waals surface area contributed by atoms with E-state index in [2.05, 4.69) is 20.8 Å². The van der Waals surface area contributed by atoms with Gasteiger partial charge in [-0.3, -0.25) is 14.9 Å². The number of nitro benzene ring substituents is 1. The number of methoxy groups -OCH3 is 2. The summed E-state index contributed by atoms with van der Waals surface area (Å²) >= 11 is 2.54. The van der Waals surface area contributed by atoms with Gasteiger partial charge in [-0.1, -0.05) is 23.1 Å². The molecule has 0 saturated heterocycles. The van der Waals surface area contributed by atoms with E-state index in [1.54, 1.807) is 7.11 Å². The van der Waals surface area contributed by atoms with Gasteiger partial charge in [-0.2, -0.15) is 0 Å². The molecule has 0 aliphatic carbocycles. The van der Waals surface area contributed by atoms with Crippen molar-refractivity contribution >= 4 is 45.5 Å². The van der Waals surface area contributed by atoms with Crippen LogP contribution in [0.2, 0.25) is 0 Å². The number of ether oxygens (including phenoxy) is 2. The van der Waals surface area contributed by atoms with Gasteiger partial charge in [0.25, 0.3) is 5.69 Å². The summed E-state index contributed by atoms with van der Waals surface area (Å²) in [6.45, 7) is 1.17. The first kappa shape index (κ1) is 19.9. The van der Waals surface area contributed by atoms with Gasteiger partial charge in [0.15, 0.2) is 4.34 Å². The Morgan fingerprint density at radius 1 is 1.38 bits per heavy atom. The number of rotatable bonds is 10. The zero-order chi connectivity index (χ0) is 18.9. The lowest BCUT2D eigenvalue weighted by Crippen LogP contribution is -2.14. The summed E-state index contributed by atoms with van der Waals surface area (Å²) in [5, 5.41) is 25.1. The van der Waals surface area contributed by atoms with Crippen molar-refractivity contribution < 1.29 is 19.2 Å². The zero-order valence-corrected chi connectivity index (χ0v) is 15.7. The molecule has 1 amide bonds. The average Bonchev–Trinajstić information content (AvgIpc) is 3.08. The quantitative estimate of drug-likeness (QED) is 0.267. The minimum absolute atomic E-state index is 0.0819. The van der Waals surface area contributed by atoms with E-state index in [0.29, 0.717) is 28.4 Å². The second-order valence-electron chi connectivity index (χ2n) is 4.77. The third-order valence-electron chi connectivity index (χ3n) is 2.98. The highest BCUT2D eigenvalue weighted by atomic mass is 32.2.